The molecule has 3 aromatic rings. The van der Waals surface area contributed by atoms with Crippen LogP contribution in [-0.4, -0.2) is 21.3 Å². The second-order valence-corrected chi connectivity index (χ2v) is 5.10. The first-order valence-electron chi connectivity index (χ1n) is 5.87. The summed E-state index contributed by atoms with van der Waals surface area (Å²) < 4.78 is 3.10. The van der Waals surface area contributed by atoms with Gasteiger partial charge in [-0.2, -0.15) is 5.10 Å². The van der Waals surface area contributed by atoms with Crippen LogP contribution in [0.5, 0.6) is 0 Å². The Balaban J connectivity index is 1.68. The molecule has 0 aliphatic carbocycles. The van der Waals surface area contributed by atoms with Crippen molar-refractivity contribution in [1.82, 2.24) is 14.8 Å². The maximum Gasteiger partial charge on any atom is 0.134 e. The summed E-state index contributed by atoms with van der Waals surface area (Å²) in [6.07, 6.45) is 4.72. The molecule has 0 saturated carbocycles. The predicted molar refractivity (Wildman–Crippen MR) is 75.0 cm³/mol. The van der Waals surface area contributed by atoms with Crippen molar-refractivity contribution in [3.63, 3.8) is 0 Å². The number of nitrogens with one attached hydrogen (secondary N) is 1. The molecule has 5 heteroatoms. The second kappa shape index (κ2) is 4.78. The van der Waals surface area contributed by atoms with Crippen molar-refractivity contribution in [2.24, 2.45) is 7.05 Å². The normalized spacial score (nSPS) is 10.9. The van der Waals surface area contributed by atoms with E-state index in [-0.39, 0.29) is 0 Å². The van der Waals surface area contributed by atoms with Crippen LogP contribution in [0.25, 0.3) is 10.1 Å². The molecular weight excluding hydrogens is 244 g/mol. The highest BCUT2D eigenvalue weighted by Gasteiger charge is 2.03. The number of anilines is 1. The van der Waals surface area contributed by atoms with Crippen LogP contribution in [0, 0.1) is 0 Å². The Bertz CT molecular complexity index is 656. The van der Waals surface area contributed by atoms with E-state index in [9.17, 15) is 0 Å². The van der Waals surface area contributed by atoms with Crippen LogP contribution in [-0.2, 0) is 13.5 Å². The summed E-state index contributed by atoms with van der Waals surface area (Å²) in [5.74, 6) is 0.963. The first-order valence-corrected chi connectivity index (χ1v) is 6.75. The molecule has 92 valence electrons. The lowest BCUT2D eigenvalue weighted by Gasteiger charge is -2.05. The molecule has 4 nitrogen and oxygen atoms in total. The summed E-state index contributed by atoms with van der Waals surface area (Å²) in [5, 5.41) is 11.0. The van der Waals surface area contributed by atoms with E-state index in [2.05, 4.69) is 26.8 Å². The first-order chi connectivity index (χ1) is 8.83. The second-order valence-electron chi connectivity index (χ2n) is 4.15. The van der Waals surface area contributed by atoms with Gasteiger partial charge in [-0.3, -0.25) is 4.68 Å². The van der Waals surface area contributed by atoms with Crippen molar-refractivity contribution in [3.05, 3.63) is 41.7 Å². The third-order valence-corrected chi connectivity index (χ3v) is 3.70. The van der Waals surface area contributed by atoms with Crippen molar-refractivity contribution in [2.45, 2.75) is 6.42 Å². The number of hydrogen-bond acceptors (Lipinski definition) is 4. The number of rotatable bonds is 4. The van der Waals surface area contributed by atoms with Gasteiger partial charge in [0.25, 0.3) is 0 Å². The van der Waals surface area contributed by atoms with Crippen LogP contribution >= 0.6 is 11.3 Å². The first kappa shape index (κ1) is 11.2. The lowest BCUT2D eigenvalue weighted by molar-refractivity contribution is 0.742. The lowest BCUT2D eigenvalue weighted by atomic mass is 10.3. The Morgan fingerprint density at radius 2 is 2.28 bits per heavy atom. The Kier molecular flexibility index (Phi) is 2.98. The van der Waals surface area contributed by atoms with Gasteiger partial charge in [-0.1, -0.05) is 0 Å². The molecule has 0 fully saturated rings. The Hall–Kier alpha value is -1.88. The molecule has 0 amide bonds. The summed E-state index contributed by atoms with van der Waals surface area (Å²) in [6, 6.07) is 6.19. The van der Waals surface area contributed by atoms with E-state index >= 15 is 0 Å². The van der Waals surface area contributed by atoms with Gasteiger partial charge < -0.3 is 5.32 Å². The Labute approximate surface area is 109 Å². The maximum absolute atomic E-state index is 4.39. The summed E-state index contributed by atoms with van der Waals surface area (Å²) in [6.45, 7) is 0.846. The highest BCUT2D eigenvalue weighted by molar-refractivity contribution is 7.17. The van der Waals surface area contributed by atoms with Crippen LogP contribution in [0.15, 0.2) is 36.0 Å². The number of fused-ring (bicyclic) bond motifs is 1. The Morgan fingerprint density at radius 1 is 1.33 bits per heavy atom. The molecule has 0 aliphatic heterocycles. The van der Waals surface area contributed by atoms with Crippen molar-refractivity contribution >= 4 is 27.2 Å². The van der Waals surface area contributed by atoms with Gasteiger partial charge in [0.05, 0.1) is 5.69 Å². The standard InChI is InChI=1S/C13H14N4S/c1-17-8-4-10(16-17)2-6-14-13-11-5-9-18-12(11)3-7-15-13/h3-5,7-9H,2,6H2,1H3,(H,14,15). The van der Waals surface area contributed by atoms with Gasteiger partial charge in [-0.05, 0) is 23.6 Å². The van der Waals surface area contributed by atoms with Gasteiger partial charge in [0.15, 0.2) is 0 Å². The van der Waals surface area contributed by atoms with Crippen molar-refractivity contribution < 1.29 is 0 Å². The highest BCUT2D eigenvalue weighted by atomic mass is 32.1. The molecule has 0 bridgehead atoms. The average Bonchev–Trinajstić information content (AvgIpc) is 2.98. The molecule has 0 radical (unpaired) electrons. The minimum atomic E-state index is 0.846. The van der Waals surface area contributed by atoms with Gasteiger partial charge in [0.1, 0.15) is 5.82 Å². The van der Waals surface area contributed by atoms with Crippen molar-refractivity contribution in [3.8, 4) is 0 Å². The molecule has 0 atom stereocenters. The topological polar surface area (TPSA) is 42.7 Å². The van der Waals surface area contributed by atoms with Gasteiger partial charge in [-0.25, -0.2) is 4.98 Å². The fourth-order valence-electron chi connectivity index (χ4n) is 1.94. The molecule has 0 aliphatic rings. The van der Waals surface area contributed by atoms with E-state index < -0.39 is 0 Å². The summed E-state index contributed by atoms with van der Waals surface area (Å²) in [5.41, 5.74) is 1.10. The predicted octanol–water partition coefficient (Wildman–Crippen LogP) is 2.68. The largest absolute Gasteiger partial charge is 0.369 e. The zero-order chi connectivity index (χ0) is 12.4. The third-order valence-electron chi connectivity index (χ3n) is 2.82. The Morgan fingerprint density at radius 3 is 3.11 bits per heavy atom. The zero-order valence-corrected chi connectivity index (χ0v) is 10.9. The molecule has 3 aromatic heterocycles. The van der Waals surface area contributed by atoms with E-state index in [1.165, 1.54) is 10.1 Å². The number of hydrogen-bond donors (Lipinski definition) is 1. The fraction of sp³-hybridized carbons (Fsp3) is 0.231. The van der Waals surface area contributed by atoms with E-state index in [1.807, 2.05) is 36.3 Å². The summed E-state index contributed by atoms with van der Waals surface area (Å²) in [4.78, 5) is 4.39. The van der Waals surface area contributed by atoms with Crippen LogP contribution in [0.3, 0.4) is 0 Å². The van der Waals surface area contributed by atoms with Crippen LogP contribution in [0.1, 0.15) is 5.69 Å². The van der Waals surface area contributed by atoms with Gasteiger partial charge in [0, 0.05) is 42.5 Å². The molecule has 0 spiro atoms. The molecule has 18 heavy (non-hydrogen) atoms. The molecule has 3 heterocycles. The van der Waals surface area contributed by atoms with E-state index in [0.29, 0.717) is 0 Å². The number of aromatic nitrogens is 3. The molecule has 1 N–H and O–H groups in total. The SMILES string of the molecule is Cn1ccc(CCNc2nccc3sccc23)n1. The molecule has 0 aromatic carbocycles. The van der Waals surface area contributed by atoms with Crippen molar-refractivity contribution in [1.29, 1.82) is 0 Å². The molecule has 3 rings (SSSR count). The summed E-state index contributed by atoms with van der Waals surface area (Å²) in [7, 11) is 1.94. The molecular formula is C13H14N4S. The van der Waals surface area contributed by atoms with Crippen LogP contribution in [0.2, 0.25) is 0 Å². The number of nitrogens with zero attached hydrogens (tertiary/aromatic N) is 3. The monoisotopic (exact) mass is 258 g/mol. The van der Waals surface area contributed by atoms with E-state index in [1.54, 1.807) is 11.3 Å². The van der Waals surface area contributed by atoms with E-state index in [4.69, 9.17) is 0 Å². The van der Waals surface area contributed by atoms with Crippen molar-refractivity contribution in [2.75, 3.05) is 11.9 Å². The quantitative estimate of drug-likeness (QED) is 0.782. The average molecular weight is 258 g/mol. The van der Waals surface area contributed by atoms with Gasteiger partial charge >= 0.3 is 0 Å². The molecule has 0 unspecified atom stereocenters. The minimum absolute atomic E-state index is 0.846. The number of aryl methyl sites for hydroxylation is 1. The van der Waals surface area contributed by atoms with E-state index in [0.717, 1.165) is 24.5 Å². The number of pyridine rings is 1. The van der Waals surface area contributed by atoms with Crippen LogP contribution < -0.4 is 5.32 Å². The third kappa shape index (κ3) is 2.22. The smallest absolute Gasteiger partial charge is 0.134 e. The van der Waals surface area contributed by atoms with Gasteiger partial charge in [-0.15, -0.1) is 11.3 Å². The number of thiophene rings is 1. The lowest BCUT2D eigenvalue weighted by Crippen LogP contribution is -2.07. The minimum Gasteiger partial charge on any atom is -0.369 e. The summed E-state index contributed by atoms with van der Waals surface area (Å²) >= 11 is 1.74. The van der Waals surface area contributed by atoms with Crippen LogP contribution in [0.4, 0.5) is 5.82 Å². The maximum atomic E-state index is 4.39. The zero-order valence-electron chi connectivity index (χ0n) is 10.1. The molecule has 0 saturated heterocycles. The highest BCUT2D eigenvalue weighted by Crippen LogP contribution is 2.25. The fourth-order valence-corrected chi connectivity index (χ4v) is 2.72. The van der Waals surface area contributed by atoms with Gasteiger partial charge in [0.2, 0.25) is 0 Å².